The predicted octanol–water partition coefficient (Wildman–Crippen LogP) is 19.0. The number of carbonyl (C=O) groups excluding carboxylic acids is 4. The zero-order valence-electron chi connectivity index (χ0n) is 52.5. The van der Waals surface area contributed by atoms with Crippen molar-refractivity contribution in [2.45, 2.75) is 0 Å². The number of esters is 4. The van der Waals surface area contributed by atoms with Gasteiger partial charge in [0, 0.05) is 22.3 Å². The number of aromatic nitrogens is 4. The fraction of sp³-hybridized carbons (Fsp3) is 0.0476. The van der Waals surface area contributed by atoms with Crippen LogP contribution in [0, 0.1) is 0 Å². The molecule has 1 aliphatic carbocycles. The molecule has 0 amide bonds. The maximum Gasteiger partial charge on any atom is 2.00 e. The van der Waals surface area contributed by atoms with Gasteiger partial charge in [0.1, 0.15) is 0 Å². The van der Waals surface area contributed by atoms with E-state index >= 15 is 0 Å². The number of ether oxygens (including phenoxy) is 4. The van der Waals surface area contributed by atoms with Crippen LogP contribution in [0.25, 0.3) is 176 Å². The predicted molar refractivity (Wildman–Crippen MR) is 380 cm³/mol. The zero-order chi connectivity index (χ0) is 65.0. The van der Waals surface area contributed by atoms with E-state index in [0.29, 0.717) is 112 Å². The van der Waals surface area contributed by atoms with E-state index in [4.69, 9.17) is 38.9 Å². The summed E-state index contributed by atoms with van der Waals surface area (Å²) in [4.78, 5) is 77.9. The summed E-state index contributed by atoms with van der Waals surface area (Å²) in [5.41, 5.74) is 15.0. The minimum Gasteiger partial charge on any atom is -0.656 e. The molecule has 0 atom stereocenters. The van der Waals surface area contributed by atoms with Gasteiger partial charge in [0.05, 0.1) is 73.5 Å². The first kappa shape index (κ1) is 59.7. The Bertz CT molecular complexity index is 5340. The van der Waals surface area contributed by atoms with Crippen LogP contribution in [0.3, 0.4) is 0 Å². The molecule has 0 N–H and O–H groups in total. The van der Waals surface area contributed by atoms with E-state index in [-0.39, 0.29) is 17.1 Å². The maximum absolute atomic E-state index is 13.4. The second-order valence-electron chi connectivity index (χ2n) is 24.0. The molecule has 4 heterocycles. The minimum absolute atomic E-state index is 0. The second kappa shape index (κ2) is 23.6. The van der Waals surface area contributed by atoms with Gasteiger partial charge in [-0.05, 0) is 206 Å². The number of rotatable bonds is 8. The van der Waals surface area contributed by atoms with Gasteiger partial charge in [0.25, 0.3) is 0 Å². The van der Waals surface area contributed by atoms with Crippen molar-refractivity contribution in [3.63, 3.8) is 0 Å². The van der Waals surface area contributed by atoms with E-state index in [1.807, 2.05) is 97.1 Å². The first-order valence-corrected chi connectivity index (χ1v) is 31.3. The molecule has 13 heteroatoms. The summed E-state index contributed by atoms with van der Waals surface area (Å²) in [6.45, 7) is 0. The third-order valence-electron chi connectivity index (χ3n) is 18.8. The van der Waals surface area contributed by atoms with Gasteiger partial charge >= 0.3 is 40.9 Å². The van der Waals surface area contributed by atoms with Crippen LogP contribution in [0.4, 0.5) is 0 Å². The first-order chi connectivity index (χ1) is 47.0. The Morgan fingerprint density at radius 2 is 0.454 bits per heavy atom. The van der Waals surface area contributed by atoms with Gasteiger partial charge in [-0.3, -0.25) is 0 Å². The minimum atomic E-state index is -0.488. The molecular weight excluding hydrogens is 1260 g/mol. The Morgan fingerprint density at radius 1 is 0.268 bits per heavy atom. The molecule has 467 valence electrons. The molecule has 97 heavy (non-hydrogen) atoms. The number of benzene rings is 12. The van der Waals surface area contributed by atoms with Crippen molar-refractivity contribution in [3.8, 4) is 89.5 Å². The van der Waals surface area contributed by atoms with E-state index in [9.17, 15) is 19.2 Å². The monoisotopic (exact) mass is 1310 g/mol. The number of carbonyl (C=O) groups is 4. The number of hydrogen-bond donors (Lipinski definition) is 0. The van der Waals surface area contributed by atoms with Gasteiger partial charge in [-0.15, -0.1) is 22.1 Å². The third-order valence-corrected chi connectivity index (χ3v) is 18.8. The molecule has 0 unspecified atom stereocenters. The van der Waals surface area contributed by atoms with Crippen molar-refractivity contribution in [2.24, 2.45) is 0 Å². The first-order valence-electron chi connectivity index (χ1n) is 31.3. The van der Waals surface area contributed by atoms with E-state index < -0.39 is 23.9 Å². The Morgan fingerprint density at radius 3 is 0.639 bits per heavy atom. The van der Waals surface area contributed by atoms with Crippen molar-refractivity contribution >= 4 is 111 Å². The average Bonchev–Trinajstić information content (AvgIpc) is 1.56. The molecule has 1 radical (unpaired) electrons. The van der Waals surface area contributed by atoms with Crippen LogP contribution in [-0.2, 0) is 36.0 Å². The Hall–Kier alpha value is -12.3. The molecule has 12 aromatic carbocycles. The van der Waals surface area contributed by atoms with E-state index in [2.05, 4.69) is 97.1 Å². The van der Waals surface area contributed by atoms with Crippen LogP contribution in [0.15, 0.2) is 243 Å². The van der Waals surface area contributed by atoms with Crippen molar-refractivity contribution in [2.75, 3.05) is 28.4 Å². The van der Waals surface area contributed by atoms with Crippen LogP contribution < -0.4 is 9.97 Å². The summed E-state index contributed by atoms with van der Waals surface area (Å²) < 4.78 is 21.1. The van der Waals surface area contributed by atoms with Crippen LogP contribution in [0.1, 0.15) is 41.4 Å². The van der Waals surface area contributed by atoms with Crippen molar-refractivity contribution in [1.29, 1.82) is 0 Å². The number of fused-ring (bicyclic) bond motifs is 4. The largest absolute Gasteiger partial charge is 2.00 e. The van der Waals surface area contributed by atoms with Crippen LogP contribution in [-0.4, -0.2) is 62.3 Å². The van der Waals surface area contributed by atoms with Gasteiger partial charge in [-0.25, -0.2) is 29.1 Å². The molecule has 8 bridgehead atoms. The number of methoxy groups -OCH3 is 4. The standard InChI is InChI=1S/C84H53N4O8.Cu/c1-93-81(89)49-29-21-45(22-30-49)69-73-61-37-53-13-5-7-15-55(53)39-63(61)75(85-73)70(46-23-31-50(32-24-46)82(90)94-2)77-65-41-57-17-9-11-19-59(57)43-67(65)79(87-77)72(48-27-35-52(36-28-48)84(92)96-4)80-68-44-60-20-12-10-18-58(60)42-66(68)78(88-80)71(47-25-33-51(34-26-47)83(91)95-3)76-64-40-56-16-8-6-14-54(56)38-62(64)74(69)86-76;/h5-44H,1-4H3,(H-,85,86,87,88,89,90,91,92);/q-1;+2/p-1. The van der Waals surface area contributed by atoms with Crippen molar-refractivity contribution in [1.82, 2.24) is 19.9 Å². The third kappa shape index (κ3) is 9.73. The Kier molecular flexibility index (Phi) is 14.5. The maximum atomic E-state index is 13.4. The Balaban J connectivity index is 0.00000738. The summed E-state index contributed by atoms with van der Waals surface area (Å²) in [6, 6.07) is 80.1. The average molecular weight is 1310 g/mol. The van der Waals surface area contributed by atoms with Gasteiger partial charge in [-0.2, -0.15) is 0 Å². The van der Waals surface area contributed by atoms with Crippen LogP contribution in [0.2, 0.25) is 0 Å². The fourth-order valence-corrected chi connectivity index (χ4v) is 14.1. The summed E-state index contributed by atoms with van der Waals surface area (Å²) in [7, 11) is 5.48. The molecular formula is C84H52CuN4O8. The molecule has 3 aliphatic rings. The summed E-state index contributed by atoms with van der Waals surface area (Å²) in [5, 5.41) is 11.0. The number of hydrogen-bond acceptors (Lipinski definition) is 10. The van der Waals surface area contributed by atoms with E-state index in [1.165, 1.54) is 28.4 Å². The molecule has 2 aromatic heterocycles. The smallest absolute Gasteiger partial charge is 0.656 e. The van der Waals surface area contributed by atoms with Crippen molar-refractivity contribution < 1.29 is 55.2 Å². The molecule has 0 fully saturated rings. The molecule has 0 saturated heterocycles. The van der Waals surface area contributed by atoms with E-state index in [1.54, 1.807) is 48.5 Å². The summed E-state index contributed by atoms with van der Waals surface area (Å²) >= 11 is 0. The molecule has 0 saturated carbocycles. The zero-order valence-corrected chi connectivity index (χ0v) is 53.4. The van der Waals surface area contributed by atoms with Gasteiger partial charge in [0.2, 0.25) is 0 Å². The van der Waals surface area contributed by atoms with Gasteiger partial charge < -0.3 is 28.9 Å². The molecule has 17 rings (SSSR count). The van der Waals surface area contributed by atoms with Gasteiger partial charge in [-0.1, -0.05) is 146 Å². The fourth-order valence-electron chi connectivity index (χ4n) is 14.1. The molecule has 12 nitrogen and oxygen atoms in total. The van der Waals surface area contributed by atoms with Crippen LogP contribution >= 0.6 is 0 Å². The van der Waals surface area contributed by atoms with Crippen LogP contribution in [0.5, 0.6) is 0 Å². The SMILES string of the molecule is COC(=O)c1ccc(-c2c3nc(c(-c4ccc(C(=O)OC)cc4)c4[n-]c(c(-c5ccc(C(=O)OC)cc5)c5nc(c(-c6ccc(C(=O)OC)cc6)c6[n-]c2c2cc7ccccc7cc62)-c2cc6ccccc6cc2-5)c2cc5ccccc5cc42)-c2cc4ccccc4cc2-3)cc1.[Cu+2]. The normalized spacial score (nSPS) is 11.6. The topological polar surface area (TPSA) is 159 Å². The number of nitrogens with zero attached hydrogens (tertiary/aromatic N) is 4. The molecule has 2 aliphatic heterocycles. The van der Waals surface area contributed by atoms with Crippen molar-refractivity contribution in [3.05, 3.63) is 265 Å². The second-order valence-corrected chi connectivity index (χ2v) is 24.0. The van der Waals surface area contributed by atoms with E-state index in [0.717, 1.165) is 86.9 Å². The molecule has 0 spiro atoms. The Labute approximate surface area is 565 Å². The summed E-state index contributed by atoms with van der Waals surface area (Å²) in [6.07, 6.45) is 0. The summed E-state index contributed by atoms with van der Waals surface area (Å²) in [5.74, 6) is -1.95. The quantitative estimate of drug-likeness (QED) is 0.0806. The van der Waals surface area contributed by atoms with Gasteiger partial charge in [0.15, 0.2) is 0 Å². The molecule has 14 aromatic rings.